The summed E-state index contributed by atoms with van der Waals surface area (Å²) in [4.78, 5) is 0. The lowest BCUT2D eigenvalue weighted by Crippen LogP contribution is -2.18. The standard InChI is InChI=1S/C9H11N2/c1-10-7-8-5-3-4-6-9(8)11(10)2/h3-6H,2,7H2,1H3/q+1. The number of nitrogens with zero attached hydrogens (tertiary/aromatic N) is 2. The summed E-state index contributed by atoms with van der Waals surface area (Å²) in [5, 5.41) is 2.09. The first-order valence-electron chi connectivity index (χ1n) is 3.68. The Morgan fingerprint density at radius 1 is 1.45 bits per heavy atom. The van der Waals surface area contributed by atoms with Crippen molar-refractivity contribution in [1.29, 1.82) is 0 Å². The van der Waals surface area contributed by atoms with Crippen LogP contribution in [0.5, 0.6) is 0 Å². The molecule has 0 aliphatic carbocycles. The van der Waals surface area contributed by atoms with E-state index in [4.69, 9.17) is 0 Å². The highest BCUT2D eigenvalue weighted by Crippen LogP contribution is 2.26. The largest absolute Gasteiger partial charge is 0.239 e. The monoisotopic (exact) mass is 147 g/mol. The van der Waals surface area contributed by atoms with Crippen LogP contribution >= 0.6 is 0 Å². The molecule has 0 aromatic heterocycles. The Balaban J connectivity index is 2.55. The molecule has 2 rings (SSSR count). The Morgan fingerprint density at radius 3 is 2.91 bits per heavy atom. The highest BCUT2D eigenvalue weighted by Gasteiger charge is 2.25. The fourth-order valence-corrected chi connectivity index (χ4v) is 1.41. The molecule has 11 heavy (non-hydrogen) atoms. The van der Waals surface area contributed by atoms with Crippen LogP contribution in [0.4, 0.5) is 5.69 Å². The molecule has 56 valence electrons. The Morgan fingerprint density at radius 2 is 2.18 bits per heavy atom. The van der Waals surface area contributed by atoms with Gasteiger partial charge in [-0.15, -0.1) is 0 Å². The van der Waals surface area contributed by atoms with E-state index in [1.54, 1.807) is 0 Å². The summed E-state index contributed by atoms with van der Waals surface area (Å²) < 4.78 is 1.93. The van der Waals surface area contributed by atoms with Gasteiger partial charge in [-0.2, -0.15) is 5.01 Å². The number of rotatable bonds is 0. The second-order valence-electron chi connectivity index (χ2n) is 2.84. The van der Waals surface area contributed by atoms with Crippen molar-refractivity contribution in [3.05, 3.63) is 29.8 Å². The molecule has 1 aromatic carbocycles. The van der Waals surface area contributed by atoms with Crippen molar-refractivity contribution in [2.24, 2.45) is 0 Å². The molecule has 1 aromatic rings. The zero-order valence-corrected chi connectivity index (χ0v) is 6.62. The van der Waals surface area contributed by atoms with Crippen LogP contribution in [0.15, 0.2) is 24.3 Å². The van der Waals surface area contributed by atoms with Crippen molar-refractivity contribution in [2.45, 2.75) is 6.54 Å². The number of para-hydroxylation sites is 1. The number of hydrazone groups is 1. The van der Waals surface area contributed by atoms with E-state index < -0.39 is 0 Å². The maximum atomic E-state index is 3.92. The average Bonchev–Trinajstić information content (AvgIpc) is 2.30. The second kappa shape index (κ2) is 2.09. The lowest BCUT2D eigenvalue weighted by atomic mass is 10.2. The molecule has 0 unspecified atom stereocenters. The molecule has 0 fully saturated rings. The molecule has 2 nitrogen and oxygen atoms in total. The van der Waals surface area contributed by atoms with Crippen LogP contribution in [0.2, 0.25) is 0 Å². The number of hydrogen-bond acceptors (Lipinski definition) is 1. The summed E-state index contributed by atoms with van der Waals surface area (Å²) in [6, 6.07) is 8.32. The number of hydrazine groups is 1. The van der Waals surface area contributed by atoms with Crippen LogP contribution in [0, 0.1) is 0 Å². The Kier molecular flexibility index (Phi) is 1.22. The number of hydrogen-bond donors (Lipinski definition) is 0. The first kappa shape index (κ1) is 6.40. The van der Waals surface area contributed by atoms with E-state index in [0.29, 0.717) is 0 Å². The predicted octanol–water partition coefficient (Wildman–Crippen LogP) is 1.39. The van der Waals surface area contributed by atoms with Gasteiger partial charge in [0.1, 0.15) is 6.54 Å². The van der Waals surface area contributed by atoms with E-state index in [0.717, 1.165) is 6.54 Å². The van der Waals surface area contributed by atoms with Crippen LogP contribution < -0.4 is 0 Å². The normalized spacial score (nSPS) is 15.4. The summed E-state index contributed by atoms with van der Waals surface area (Å²) in [6.45, 7) is 4.89. The molecule has 0 saturated carbocycles. The highest BCUT2D eigenvalue weighted by molar-refractivity contribution is 5.43. The zero-order chi connectivity index (χ0) is 7.84. The van der Waals surface area contributed by atoms with Gasteiger partial charge < -0.3 is 0 Å². The zero-order valence-electron chi connectivity index (χ0n) is 6.62. The third-order valence-electron chi connectivity index (χ3n) is 2.08. The van der Waals surface area contributed by atoms with Crippen LogP contribution in [0.1, 0.15) is 5.56 Å². The lowest BCUT2D eigenvalue weighted by Gasteiger charge is -2.01. The van der Waals surface area contributed by atoms with E-state index in [1.807, 2.05) is 17.8 Å². The smallest absolute Gasteiger partial charge is 0.179 e. The third-order valence-corrected chi connectivity index (χ3v) is 2.08. The van der Waals surface area contributed by atoms with Gasteiger partial charge >= 0.3 is 0 Å². The Hall–Kier alpha value is -1.31. The summed E-state index contributed by atoms with van der Waals surface area (Å²) in [7, 11) is 2.03. The quantitative estimate of drug-likeness (QED) is 0.503. The number of benzene rings is 1. The van der Waals surface area contributed by atoms with Gasteiger partial charge in [0, 0.05) is 6.07 Å². The average molecular weight is 147 g/mol. The van der Waals surface area contributed by atoms with Crippen LogP contribution in [-0.2, 0) is 6.54 Å². The summed E-state index contributed by atoms with van der Waals surface area (Å²) in [5.74, 6) is 0. The van der Waals surface area contributed by atoms with Gasteiger partial charge in [0.05, 0.1) is 12.6 Å². The molecular weight excluding hydrogens is 136 g/mol. The number of fused-ring (bicyclic) bond motifs is 1. The van der Waals surface area contributed by atoms with Crippen molar-refractivity contribution >= 4 is 12.4 Å². The molecular formula is C9H11N2+. The topological polar surface area (TPSA) is 6.25 Å². The van der Waals surface area contributed by atoms with E-state index in [2.05, 4.69) is 29.9 Å². The lowest BCUT2D eigenvalue weighted by molar-refractivity contribution is -0.601. The molecule has 0 atom stereocenters. The first-order valence-corrected chi connectivity index (χ1v) is 3.68. The predicted molar refractivity (Wildman–Crippen MR) is 45.0 cm³/mol. The molecule has 0 radical (unpaired) electrons. The third kappa shape index (κ3) is 0.827. The van der Waals surface area contributed by atoms with Crippen molar-refractivity contribution in [3.8, 4) is 0 Å². The van der Waals surface area contributed by atoms with Crippen LogP contribution in [0.3, 0.4) is 0 Å². The van der Waals surface area contributed by atoms with Crippen molar-refractivity contribution in [3.63, 3.8) is 0 Å². The molecule has 1 aliphatic rings. The molecule has 0 amide bonds. The summed E-state index contributed by atoms with van der Waals surface area (Å²) >= 11 is 0. The van der Waals surface area contributed by atoms with E-state index in [-0.39, 0.29) is 0 Å². The van der Waals surface area contributed by atoms with Gasteiger partial charge in [0.15, 0.2) is 6.72 Å². The SMILES string of the molecule is C=[N+]1c2ccccc2CN1C. The van der Waals surface area contributed by atoms with Crippen molar-refractivity contribution < 1.29 is 4.68 Å². The fraction of sp³-hybridized carbons (Fsp3) is 0.222. The first-order chi connectivity index (χ1) is 5.29. The van der Waals surface area contributed by atoms with Crippen molar-refractivity contribution in [1.82, 2.24) is 5.01 Å². The molecule has 0 N–H and O–H groups in total. The molecule has 0 spiro atoms. The van der Waals surface area contributed by atoms with Gasteiger partial charge in [0.25, 0.3) is 0 Å². The molecule has 2 heteroatoms. The van der Waals surface area contributed by atoms with Gasteiger partial charge in [0.2, 0.25) is 5.69 Å². The molecule has 0 bridgehead atoms. The molecule has 1 heterocycles. The van der Waals surface area contributed by atoms with Gasteiger partial charge in [-0.25, -0.2) is 0 Å². The minimum atomic E-state index is 0.972. The molecule has 0 saturated heterocycles. The van der Waals surface area contributed by atoms with Crippen molar-refractivity contribution in [2.75, 3.05) is 7.05 Å². The summed E-state index contributed by atoms with van der Waals surface area (Å²) in [6.07, 6.45) is 0. The van der Waals surface area contributed by atoms with Gasteiger partial charge in [-0.3, -0.25) is 0 Å². The minimum absolute atomic E-state index is 0.972. The Labute approximate surface area is 66.4 Å². The minimum Gasteiger partial charge on any atom is -0.179 e. The summed E-state index contributed by atoms with van der Waals surface area (Å²) in [5.41, 5.74) is 2.57. The highest BCUT2D eigenvalue weighted by atomic mass is 15.6. The maximum Gasteiger partial charge on any atom is 0.239 e. The van der Waals surface area contributed by atoms with E-state index in [1.165, 1.54) is 11.3 Å². The second-order valence-corrected chi connectivity index (χ2v) is 2.84. The fourth-order valence-electron chi connectivity index (χ4n) is 1.41. The van der Waals surface area contributed by atoms with Crippen LogP contribution in [0.25, 0.3) is 0 Å². The maximum absolute atomic E-state index is 3.92. The van der Waals surface area contributed by atoms with Crippen LogP contribution in [-0.4, -0.2) is 23.5 Å². The Bertz CT molecular complexity index is 304. The van der Waals surface area contributed by atoms with E-state index in [9.17, 15) is 0 Å². The van der Waals surface area contributed by atoms with Gasteiger partial charge in [-0.1, -0.05) is 22.9 Å². The van der Waals surface area contributed by atoms with E-state index >= 15 is 0 Å². The van der Waals surface area contributed by atoms with Gasteiger partial charge in [-0.05, 0) is 0 Å². The molecule has 1 aliphatic heterocycles.